The van der Waals surface area contributed by atoms with Crippen LogP contribution in [-0.4, -0.2) is 34.5 Å². The Kier molecular flexibility index (Phi) is 6.01. The lowest BCUT2D eigenvalue weighted by Crippen LogP contribution is -2.38. The van der Waals surface area contributed by atoms with Gasteiger partial charge in [-0.1, -0.05) is 12.8 Å². The average molecular weight is 241 g/mol. The molecule has 0 aromatic carbocycles. The van der Waals surface area contributed by atoms with E-state index in [1.165, 1.54) is 12.8 Å². The molecule has 17 heavy (non-hydrogen) atoms. The topological polar surface area (TPSA) is 57.6 Å². The van der Waals surface area contributed by atoms with Crippen LogP contribution in [0.3, 0.4) is 0 Å². The molecule has 0 radical (unpaired) electrons. The van der Waals surface area contributed by atoms with Crippen molar-refractivity contribution >= 4 is 11.9 Å². The zero-order valence-corrected chi connectivity index (χ0v) is 10.7. The smallest absolute Gasteiger partial charge is 0.303 e. The number of hydrogen-bond donors (Lipinski definition) is 1. The van der Waals surface area contributed by atoms with Gasteiger partial charge in [0.2, 0.25) is 5.91 Å². The molecule has 1 N–H and O–H groups in total. The average Bonchev–Trinajstić information content (AvgIpc) is 2.48. The van der Waals surface area contributed by atoms with E-state index in [4.69, 9.17) is 5.11 Å². The van der Waals surface area contributed by atoms with Crippen LogP contribution in [0.4, 0.5) is 0 Å². The van der Waals surface area contributed by atoms with Crippen LogP contribution in [0.2, 0.25) is 0 Å². The van der Waals surface area contributed by atoms with Gasteiger partial charge in [0.1, 0.15) is 0 Å². The number of carbonyl (C=O) groups is 2. The van der Waals surface area contributed by atoms with Crippen molar-refractivity contribution in [1.82, 2.24) is 4.90 Å². The highest BCUT2D eigenvalue weighted by atomic mass is 16.4. The zero-order valence-electron chi connectivity index (χ0n) is 10.7. The molecule has 98 valence electrons. The van der Waals surface area contributed by atoms with Crippen molar-refractivity contribution in [3.8, 4) is 0 Å². The minimum atomic E-state index is -0.777. The molecule has 1 fully saturated rings. The van der Waals surface area contributed by atoms with E-state index in [1.54, 1.807) is 0 Å². The number of carbonyl (C=O) groups excluding carboxylic acids is 1. The molecule has 0 spiro atoms. The molecule has 4 heteroatoms. The predicted molar refractivity (Wildman–Crippen MR) is 65.7 cm³/mol. The third-order valence-electron chi connectivity index (χ3n) is 3.40. The number of rotatable bonds is 5. The van der Waals surface area contributed by atoms with Crippen molar-refractivity contribution in [3.05, 3.63) is 0 Å². The van der Waals surface area contributed by atoms with Crippen molar-refractivity contribution in [2.24, 2.45) is 0 Å². The van der Waals surface area contributed by atoms with Gasteiger partial charge in [-0.15, -0.1) is 0 Å². The van der Waals surface area contributed by atoms with Crippen molar-refractivity contribution in [2.75, 3.05) is 6.54 Å². The third-order valence-corrected chi connectivity index (χ3v) is 3.40. The predicted octanol–water partition coefficient (Wildman–Crippen LogP) is 2.42. The first kappa shape index (κ1) is 14.0. The van der Waals surface area contributed by atoms with Gasteiger partial charge in [0, 0.05) is 25.4 Å². The van der Waals surface area contributed by atoms with E-state index in [0.29, 0.717) is 25.3 Å². The van der Waals surface area contributed by atoms with E-state index < -0.39 is 5.97 Å². The van der Waals surface area contributed by atoms with Crippen LogP contribution in [0, 0.1) is 0 Å². The van der Waals surface area contributed by atoms with E-state index >= 15 is 0 Å². The Morgan fingerprint density at radius 2 is 1.88 bits per heavy atom. The molecule has 1 aliphatic rings. The highest BCUT2D eigenvalue weighted by Gasteiger charge is 2.21. The molecule has 0 aromatic heterocycles. The third kappa shape index (κ3) is 5.20. The summed E-state index contributed by atoms with van der Waals surface area (Å²) in [5.41, 5.74) is 0. The maximum Gasteiger partial charge on any atom is 0.303 e. The minimum absolute atomic E-state index is 0.169. The summed E-state index contributed by atoms with van der Waals surface area (Å²) >= 11 is 0. The molecule has 1 unspecified atom stereocenters. The zero-order chi connectivity index (χ0) is 12.7. The molecule has 1 aliphatic heterocycles. The van der Waals surface area contributed by atoms with E-state index in [0.717, 1.165) is 19.4 Å². The van der Waals surface area contributed by atoms with Gasteiger partial charge in [-0.25, -0.2) is 0 Å². The first-order valence-corrected chi connectivity index (χ1v) is 6.62. The fraction of sp³-hybridized carbons (Fsp3) is 0.846. The van der Waals surface area contributed by atoms with Gasteiger partial charge >= 0.3 is 5.97 Å². The van der Waals surface area contributed by atoms with Crippen molar-refractivity contribution in [1.29, 1.82) is 0 Å². The monoisotopic (exact) mass is 241 g/mol. The summed E-state index contributed by atoms with van der Waals surface area (Å²) in [7, 11) is 0. The van der Waals surface area contributed by atoms with Crippen LogP contribution in [0.15, 0.2) is 0 Å². The van der Waals surface area contributed by atoms with Crippen LogP contribution in [-0.2, 0) is 9.59 Å². The van der Waals surface area contributed by atoms with Crippen molar-refractivity contribution < 1.29 is 14.7 Å². The Bertz CT molecular complexity index is 265. The molecule has 0 aliphatic carbocycles. The molecule has 0 saturated carbocycles. The fourth-order valence-corrected chi connectivity index (χ4v) is 2.34. The summed E-state index contributed by atoms with van der Waals surface area (Å²) < 4.78 is 0. The number of hydrogen-bond acceptors (Lipinski definition) is 2. The second kappa shape index (κ2) is 7.30. The molecule has 1 amide bonds. The van der Waals surface area contributed by atoms with Gasteiger partial charge in [0.25, 0.3) is 0 Å². The maximum atomic E-state index is 12.0. The quantitative estimate of drug-likeness (QED) is 0.752. The number of likely N-dealkylation sites (tertiary alicyclic amines) is 1. The Labute approximate surface area is 103 Å². The molecule has 4 nitrogen and oxygen atoms in total. The van der Waals surface area contributed by atoms with Crippen LogP contribution < -0.4 is 0 Å². The van der Waals surface area contributed by atoms with Gasteiger partial charge in [-0.2, -0.15) is 0 Å². The van der Waals surface area contributed by atoms with E-state index in [-0.39, 0.29) is 12.3 Å². The fourth-order valence-electron chi connectivity index (χ4n) is 2.34. The molecule has 1 saturated heterocycles. The molecule has 0 bridgehead atoms. The largest absolute Gasteiger partial charge is 0.481 e. The Morgan fingerprint density at radius 3 is 2.59 bits per heavy atom. The maximum absolute atomic E-state index is 12.0. The second-order valence-corrected chi connectivity index (χ2v) is 4.89. The van der Waals surface area contributed by atoms with Gasteiger partial charge in [-0.05, 0) is 32.6 Å². The number of carboxylic acids is 1. The van der Waals surface area contributed by atoms with E-state index in [1.807, 2.05) is 4.90 Å². The standard InChI is InChI=1S/C13H23NO3/c1-11-7-3-2-6-10-14(11)12(15)8-4-5-9-13(16)17/h11H,2-10H2,1H3,(H,16,17). The highest BCUT2D eigenvalue weighted by Crippen LogP contribution is 2.18. The van der Waals surface area contributed by atoms with Gasteiger partial charge in [0.05, 0.1) is 0 Å². The normalized spacial score (nSPS) is 21.0. The number of amides is 1. The lowest BCUT2D eigenvalue weighted by molar-refractivity contribution is -0.138. The van der Waals surface area contributed by atoms with Crippen molar-refractivity contribution in [2.45, 2.75) is 64.3 Å². The molecule has 1 rings (SSSR count). The van der Waals surface area contributed by atoms with Gasteiger partial charge in [-0.3, -0.25) is 9.59 Å². The number of aliphatic carboxylic acids is 1. The second-order valence-electron chi connectivity index (χ2n) is 4.89. The van der Waals surface area contributed by atoms with Crippen LogP contribution >= 0.6 is 0 Å². The van der Waals surface area contributed by atoms with E-state index in [9.17, 15) is 9.59 Å². The first-order chi connectivity index (χ1) is 8.11. The SMILES string of the molecule is CC1CCCCCN1C(=O)CCCCC(=O)O. The van der Waals surface area contributed by atoms with Crippen LogP contribution in [0.25, 0.3) is 0 Å². The summed E-state index contributed by atoms with van der Waals surface area (Å²) in [6, 6.07) is 0.351. The summed E-state index contributed by atoms with van der Waals surface area (Å²) in [5.74, 6) is -0.578. The van der Waals surface area contributed by atoms with Crippen molar-refractivity contribution in [3.63, 3.8) is 0 Å². The molecule has 0 aromatic rings. The molecule has 1 atom stereocenters. The lowest BCUT2D eigenvalue weighted by Gasteiger charge is -2.27. The number of nitrogens with zero attached hydrogens (tertiary/aromatic N) is 1. The number of unbranched alkanes of at least 4 members (excludes halogenated alkanes) is 1. The van der Waals surface area contributed by atoms with Gasteiger partial charge in [0.15, 0.2) is 0 Å². The Balaban J connectivity index is 2.27. The van der Waals surface area contributed by atoms with Crippen LogP contribution in [0.1, 0.15) is 58.3 Å². The minimum Gasteiger partial charge on any atom is -0.481 e. The highest BCUT2D eigenvalue weighted by molar-refractivity contribution is 5.76. The first-order valence-electron chi connectivity index (χ1n) is 6.62. The Hall–Kier alpha value is -1.06. The molecular formula is C13H23NO3. The molecular weight excluding hydrogens is 218 g/mol. The summed E-state index contributed by atoms with van der Waals surface area (Å²) in [5, 5.41) is 8.51. The van der Waals surface area contributed by atoms with E-state index in [2.05, 4.69) is 6.92 Å². The Morgan fingerprint density at radius 1 is 1.18 bits per heavy atom. The summed E-state index contributed by atoms with van der Waals surface area (Å²) in [6.07, 6.45) is 6.58. The van der Waals surface area contributed by atoms with Gasteiger partial charge < -0.3 is 10.0 Å². The molecule has 1 heterocycles. The van der Waals surface area contributed by atoms with Crippen LogP contribution in [0.5, 0.6) is 0 Å². The summed E-state index contributed by atoms with van der Waals surface area (Å²) in [4.78, 5) is 24.3. The summed E-state index contributed by atoms with van der Waals surface area (Å²) in [6.45, 7) is 2.99. The number of carboxylic acid groups (broad SMARTS) is 1. The lowest BCUT2D eigenvalue weighted by atomic mass is 10.1.